The second-order valence-electron chi connectivity index (χ2n) is 6.50. The van der Waals surface area contributed by atoms with Gasteiger partial charge in [0.2, 0.25) is 5.91 Å². The summed E-state index contributed by atoms with van der Waals surface area (Å²) in [4.78, 5) is 18.0. The third kappa shape index (κ3) is 3.89. The monoisotopic (exact) mass is 384 g/mol. The van der Waals surface area contributed by atoms with Crippen LogP contribution in [0.2, 0.25) is 0 Å². The van der Waals surface area contributed by atoms with E-state index in [0.29, 0.717) is 22.8 Å². The van der Waals surface area contributed by atoms with E-state index in [1.165, 1.54) is 17.8 Å². The van der Waals surface area contributed by atoms with Crippen molar-refractivity contribution in [3.05, 3.63) is 29.6 Å². The van der Waals surface area contributed by atoms with Gasteiger partial charge in [0.15, 0.2) is 15.0 Å². The molecular weight excluding hydrogens is 363 g/mol. The van der Waals surface area contributed by atoms with Crippen LogP contribution in [0.3, 0.4) is 0 Å². The number of halogens is 1. The maximum atomic E-state index is 14.0. The number of amidine groups is 1. The molecule has 0 unspecified atom stereocenters. The summed E-state index contributed by atoms with van der Waals surface area (Å²) in [5, 5.41) is 0.307. The normalized spacial score (nSPS) is 26.2. The maximum absolute atomic E-state index is 14.0. The fourth-order valence-electron chi connectivity index (χ4n) is 3.09. The lowest BCUT2D eigenvalue weighted by Crippen LogP contribution is -2.37. The number of fused-ring (bicyclic) bond motifs is 1. The van der Waals surface area contributed by atoms with Gasteiger partial charge >= 0.3 is 0 Å². The molecule has 3 rings (SSSR count). The van der Waals surface area contributed by atoms with Crippen molar-refractivity contribution in [3.8, 4) is 0 Å². The molecule has 2 atom stereocenters. The Morgan fingerprint density at radius 3 is 2.84 bits per heavy atom. The highest BCUT2D eigenvalue weighted by molar-refractivity contribution is 8.16. The predicted octanol–water partition coefficient (Wildman–Crippen LogP) is 2.93. The van der Waals surface area contributed by atoms with Gasteiger partial charge in [-0.25, -0.2) is 12.8 Å². The highest BCUT2D eigenvalue weighted by Gasteiger charge is 2.49. The van der Waals surface area contributed by atoms with Gasteiger partial charge in [0, 0.05) is 17.4 Å². The van der Waals surface area contributed by atoms with Gasteiger partial charge in [0.05, 0.1) is 17.5 Å². The van der Waals surface area contributed by atoms with E-state index < -0.39 is 9.84 Å². The molecule has 136 valence electrons. The van der Waals surface area contributed by atoms with Gasteiger partial charge in [-0.1, -0.05) is 31.2 Å². The van der Waals surface area contributed by atoms with Crippen molar-refractivity contribution >= 4 is 38.4 Å². The zero-order valence-corrected chi connectivity index (χ0v) is 15.9. The topological polar surface area (TPSA) is 66.8 Å². The number of benzene rings is 1. The number of thioether (sulfide) groups is 1. The van der Waals surface area contributed by atoms with Crippen molar-refractivity contribution < 1.29 is 17.6 Å². The second kappa shape index (κ2) is 7.07. The number of amides is 1. The van der Waals surface area contributed by atoms with Gasteiger partial charge in [-0.15, -0.1) is 0 Å². The van der Waals surface area contributed by atoms with Crippen LogP contribution in [-0.2, 0) is 14.6 Å². The molecular formula is C17H21FN2O3S2. The maximum Gasteiger partial charge on any atom is 0.248 e. The molecule has 1 aromatic rings. The third-order valence-corrected chi connectivity index (χ3v) is 7.67. The molecule has 2 fully saturated rings. The van der Waals surface area contributed by atoms with E-state index in [4.69, 9.17) is 0 Å². The van der Waals surface area contributed by atoms with Gasteiger partial charge in [-0.05, 0) is 31.0 Å². The minimum absolute atomic E-state index is 0.00231. The van der Waals surface area contributed by atoms with Crippen molar-refractivity contribution in [2.75, 3.05) is 16.4 Å². The van der Waals surface area contributed by atoms with Crippen molar-refractivity contribution in [3.63, 3.8) is 0 Å². The summed E-state index contributed by atoms with van der Waals surface area (Å²) in [5.74, 6) is -0.509. The lowest BCUT2D eigenvalue weighted by atomic mass is 10.1. The molecule has 0 N–H and O–H groups in total. The zero-order valence-electron chi connectivity index (χ0n) is 14.2. The van der Waals surface area contributed by atoms with E-state index in [9.17, 15) is 17.6 Å². The number of sulfone groups is 1. The summed E-state index contributed by atoms with van der Waals surface area (Å²) in [6.45, 7) is 3.67. The van der Waals surface area contributed by atoms with E-state index in [1.54, 1.807) is 24.0 Å². The molecule has 25 heavy (non-hydrogen) atoms. The average Bonchev–Trinajstić information content (AvgIpc) is 2.99. The summed E-state index contributed by atoms with van der Waals surface area (Å²) >= 11 is 1.31. The molecule has 0 aliphatic carbocycles. The lowest BCUT2D eigenvalue weighted by molar-refractivity contribution is -0.117. The Hall–Kier alpha value is -1.41. The molecule has 0 saturated carbocycles. The summed E-state index contributed by atoms with van der Waals surface area (Å²) in [6.07, 6.45) is 2.03. The quantitative estimate of drug-likeness (QED) is 0.798. The first-order valence-electron chi connectivity index (χ1n) is 8.34. The summed E-state index contributed by atoms with van der Waals surface area (Å²) in [5.41, 5.74) is 1.06. The number of carbonyl (C=O) groups is 1. The SMILES string of the molecule is CCCCC(=O)N=C1S[C@H]2CS(=O)(=O)C[C@H]2N1c1ccc(C)c(F)c1. The molecule has 2 saturated heterocycles. The largest absolute Gasteiger partial charge is 0.315 e. The number of aliphatic imine (C=N–C) groups is 1. The van der Waals surface area contributed by atoms with E-state index in [0.717, 1.165) is 12.8 Å². The number of nitrogens with zero attached hydrogens (tertiary/aromatic N) is 2. The molecule has 2 aliphatic rings. The third-order valence-electron chi connectivity index (χ3n) is 4.46. The van der Waals surface area contributed by atoms with Crippen LogP contribution >= 0.6 is 11.8 Å². The minimum atomic E-state index is -3.13. The first kappa shape index (κ1) is 18.4. The predicted molar refractivity (Wildman–Crippen MR) is 99.4 cm³/mol. The summed E-state index contributed by atoms with van der Waals surface area (Å²) < 4.78 is 38.0. The van der Waals surface area contributed by atoms with E-state index >= 15 is 0 Å². The Morgan fingerprint density at radius 2 is 2.16 bits per heavy atom. The number of aryl methyl sites for hydroxylation is 1. The van der Waals surface area contributed by atoms with Crippen LogP contribution in [0.4, 0.5) is 10.1 Å². The van der Waals surface area contributed by atoms with Crippen LogP contribution in [0.25, 0.3) is 0 Å². The highest BCUT2D eigenvalue weighted by atomic mass is 32.2. The standard InChI is InChI=1S/C17H21FN2O3S2/c1-3-4-5-16(21)19-17-20(12-7-6-11(2)13(18)8-12)14-9-25(22,23)10-15(14)24-17/h6-8,14-15H,3-5,9-10H2,1-2H3/t14-,15+/m1/s1. The number of anilines is 1. The van der Waals surface area contributed by atoms with Gasteiger partial charge in [-0.3, -0.25) is 4.79 Å². The van der Waals surface area contributed by atoms with E-state index in [-0.39, 0.29) is 34.5 Å². The Bertz CT molecular complexity index is 823. The van der Waals surface area contributed by atoms with Crippen molar-refractivity contribution in [1.82, 2.24) is 0 Å². The van der Waals surface area contributed by atoms with Crippen LogP contribution in [0, 0.1) is 12.7 Å². The molecule has 1 aromatic carbocycles. The molecule has 0 aromatic heterocycles. The number of rotatable bonds is 4. The fourth-order valence-corrected chi connectivity index (χ4v) is 7.02. The first-order valence-corrected chi connectivity index (χ1v) is 11.0. The summed E-state index contributed by atoms with van der Waals surface area (Å²) in [7, 11) is -3.13. The van der Waals surface area contributed by atoms with Crippen LogP contribution in [0.5, 0.6) is 0 Å². The number of hydrogen-bond donors (Lipinski definition) is 0. The molecule has 0 spiro atoms. The van der Waals surface area contributed by atoms with Crippen molar-refractivity contribution in [2.24, 2.45) is 4.99 Å². The Balaban J connectivity index is 1.96. The molecule has 0 radical (unpaired) electrons. The van der Waals surface area contributed by atoms with Gasteiger partial charge in [-0.2, -0.15) is 4.99 Å². The lowest BCUT2D eigenvalue weighted by Gasteiger charge is -2.24. The molecule has 5 nitrogen and oxygen atoms in total. The van der Waals surface area contributed by atoms with Crippen LogP contribution in [-0.4, -0.2) is 42.3 Å². The Morgan fingerprint density at radius 1 is 1.40 bits per heavy atom. The van der Waals surface area contributed by atoms with Crippen LogP contribution < -0.4 is 4.90 Å². The van der Waals surface area contributed by atoms with Crippen molar-refractivity contribution in [2.45, 2.75) is 44.4 Å². The fraction of sp³-hybridized carbons (Fsp3) is 0.529. The van der Waals surface area contributed by atoms with E-state index in [2.05, 4.69) is 4.99 Å². The molecule has 0 bridgehead atoms. The average molecular weight is 384 g/mol. The number of unbranched alkanes of at least 4 members (excludes halogenated alkanes) is 1. The number of carbonyl (C=O) groups excluding carboxylic acids is 1. The van der Waals surface area contributed by atoms with Gasteiger partial charge < -0.3 is 4.90 Å². The van der Waals surface area contributed by atoms with Gasteiger partial charge in [0.25, 0.3) is 0 Å². The Labute approximate surface area is 151 Å². The van der Waals surface area contributed by atoms with Crippen molar-refractivity contribution in [1.29, 1.82) is 0 Å². The van der Waals surface area contributed by atoms with E-state index in [1.807, 2.05) is 6.92 Å². The smallest absolute Gasteiger partial charge is 0.248 e. The zero-order chi connectivity index (χ0) is 18.2. The molecule has 8 heteroatoms. The van der Waals surface area contributed by atoms with Crippen LogP contribution in [0.15, 0.2) is 23.2 Å². The molecule has 2 aliphatic heterocycles. The molecule has 2 heterocycles. The Kier molecular flexibility index (Phi) is 5.20. The number of hydrogen-bond acceptors (Lipinski definition) is 4. The molecule has 1 amide bonds. The minimum Gasteiger partial charge on any atom is -0.315 e. The second-order valence-corrected chi connectivity index (χ2v) is 9.86. The van der Waals surface area contributed by atoms with Gasteiger partial charge in [0.1, 0.15) is 5.82 Å². The first-order chi connectivity index (χ1) is 11.8. The van der Waals surface area contributed by atoms with Crippen LogP contribution in [0.1, 0.15) is 31.7 Å². The summed E-state index contributed by atoms with van der Waals surface area (Å²) in [6, 6.07) is 4.48. The highest BCUT2D eigenvalue weighted by Crippen LogP contribution is 2.41.